The van der Waals surface area contributed by atoms with Crippen molar-refractivity contribution in [2.75, 3.05) is 20.7 Å². The van der Waals surface area contributed by atoms with Gasteiger partial charge in [0.25, 0.3) is 5.91 Å². The minimum absolute atomic E-state index is 0.0292. The SMILES string of the molecule is CCN(C)C(=O)c1cc(-c2cncc(/C(=C\N)c3ccccc3OC)c2)ccc1F. The van der Waals surface area contributed by atoms with Gasteiger partial charge in [-0.15, -0.1) is 0 Å². The lowest BCUT2D eigenvalue weighted by molar-refractivity contribution is 0.0798. The molecule has 0 fully saturated rings. The van der Waals surface area contributed by atoms with Crippen molar-refractivity contribution in [2.45, 2.75) is 6.92 Å². The number of hydrogen-bond acceptors (Lipinski definition) is 4. The van der Waals surface area contributed by atoms with Gasteiger partial charge < -0.3 is 15.4 Å². The molecule has 0 unspecified atom stereocenters. The van der Waals surface area contributed by atoms with E-state index >= 15 is 0 Å². The molecule has 3 aromatic rings. The lowest BCUT2D eigenvalue weighted by Gasteiger charge is -2.16. The van der Waals surface area contributed by atoms with E-state index in [1.807, 2.05) is 37.3 Å². The van der Waals surface area contributed by atoms with Crippen molar-refractivity contribution < 1.29 is 13.9 Å². The van der Waals surface area contributed by atoms with Crippen molar-refractivity contribution in [3.8, 4) is 16.9 Å². The molecule has 30 heavy (non-hydrogen) atoms. The van der Waals surface area contributed by atoms with E-state index in [0.717, 1.165) is 22.3 Å². The molecular formula is C24H24FN3O2. The monoisotopic (exact) mass is 405 g/mol. The summed E-state index contributed by atoms with van der Waals surface area (Å²) in [6.45, 7) is 2.33. The second-order valence-corrected chi connectivity index (χ2v) is 6.76. The third kappa shape index (κ3) is 4.17. The number of pyridine rings is 1. The first-order valence-electron chi connectivity index (χ1n) is 9.56. The van der Waals surface area contributed by atoms with Gasteiger partial charge >= 0.3 is 0 Å². The molecule has 0 aliphatic carbocycles. The van der Waals surface area contributed by atoms with Gasteiger partial charge in [0.05, 0.1) is 12.7 Å². The number of halogens is 1. The van der Waals surface area contributed by atoms with Crippen LogP contribution in [0.1, 0.15) is 28.4 Å². The smallest absolute Gasteiger partial charge is 0.256 e. The van der Waals surface area contributed by atoms with Gasteiger partial charge in [-0.3, -0.25) is 9.78 Å². The van der Waals surface area contributed by atoms with Gasteiger partial charge in [-0.25, -0.2) is 4.39 Å². The number of methoxy groups -OCH3 is 1. The number of nitrogens with two attached hydrogens (primary N) is 1. The second kappa shape index (κ2) is 9.22. The third-order valence-electron chi connectivity index (χ3n) is 4.96. The first-order chi connectivity index (χ1) is 14.5. The molecule has 2 aromatic carbocycles. The Kier molecular flexibility index (Phi) is 6.47. The molecule has 0 radical (unpaired) electrons. The van der Waals surface area contributed by atoms with E-state index in [-0.39, 0.29) is 11.5 Å². The van der Waals surface area contributed by atoms with Crippen LogP contribution in [-0.4, -0.2) is 36.5 Å². The van der Waals surface area contributed by atoms with E-state index in [1.54, 1.807) is 38.7 Å². The molecule has 2 N–H and O–H groups in total. The Morgan fingerprint density at radius 3 is 2.60 bits per heavy atom. The van der Waals surface area contributed by atoms with Crippen LogP contribution < -0.4 is 10.5 Å². The van der Waals surface area contributed by atoms with E-state index in [1.165, 1.54) is 17.2 Å². The molecular weight excluding hydrogens is 381 g/mol. The van der Waals surface area contributed by atoms with Crippen molar-refractivity contribution in [1.82, 2.24) is 9.88 Å². The Balaban J connectivity index is 2.05. The standard InChI is InChI=1S/C24H24FN3O2/c1-4-28(2)24(29)20-12-16(9-10-22(20)25)17-11-18(15-27-14-17)21(13-26)19-7-5-6-8-23(19)30-3/h5-15H,4,26H2,1-3H3/b21-13+. The van der Waals surface area contributed by atoms with Gasteiger partial charge in [0.2, 0.25) is 0 Å². The summed E-state index contributed by atoms with van der Waals surface area (Å²) >= 11 is 0. The molecule has 1 aromatic heterocycles. The predicted octanol–water partition coefficient (Wildman–Crippen LogP) is 4.34. The van der Waals surface area contributed by atoms with Crippen molar-refractivity contribution in [3.63, 3.8) is 0 Å². The van der Waals surface area contributed by atoms with Gasteiger partial charge in [0.1, 0.15) is 11.6 Å². The van der Waals surface area contributed by atoms with Crippen LogP contribution in [-0.2, 0) is 0 Å². The summed E-state index contributed by atoms with van der Waals surface area (Å²) in [5.41, 5.74) is 9.77. The molecule has 0 bridgehead atoms. The molecule has 154 valence electrons. The Bertz CT molecular complexity index is 1100. The molecule has 6 heteroatoms. The highest BCUT2D eigenvalue weighted by atomic mass is 19.1. The molecule has 0 spiro atoms. The summed E-state index contributed by atoms with van der Waals surface area (Å²) in [6.07, 6.45) is 4.88. The normalized spacial score (nSPS) is 11.3. The number of carbonyl (C=O) groups excluding carboxylic acids is 1. The Labute approximate surface area is 175 Å². The topological polar surface area (TPSA) is 68.5 Å². The van der Waals surface area contributed by atoms with Crippen LogP contribution in [0.15, 0.2) is 67.1 Å². The minimum Gasteiger partial charge on any atom is -0.496 e. The average Bonchev–Trinajstić information content (AvgIpc) is 2.79. The van der Waals surface area contributed by atoms with Gasteiger partial charge in [-0.2, -0.15) is 0 Å². The molecule has 0 atom stereocenters. The van der Waals surface area contributed by atoms with E-state index in [0.29, 0.717) is 17.9 Å². The highest BCUT2D eigenvalue weighted by molar-refractivity contribution is 5.95. The average molecular weight is 405 g/mol. The maximum Gasteiger partial charge on any atom is 0.256 e. The van der Waals surface area contributed by atoms with Crippen molar-refractivity contribution in [3.05, 3.63) is 89.6 Å². The maximum absolute atomic E-state index is 14.3. The number of rotatable bonds is 6. The molecule has 1 heterocycles. The maximum atomic E-state index is 14.3. The summed E-state index contributed by atoms with van der Waals surface area (Å²) < 4.78 is 19.7. The summed E-state index contributed by atoms with van der Waals surface area (Å²) in [5.74, 6) is -0.223. The van der Waals surface area contributed by atoms with Crippen LogP contribution >= 0.6 is 0 Å². The molecule has 0 saturated carbocycles. The minimum atomic E-state index is -0.551. The van der Waals surface area contributed by atoms with Crippen LogP contribution in [0.25, 0.3) is 16.7 Å². The molecule has 3 rings (SSSR count). The molecule has 1 amide bonds. The van der Waals surface area contributed by atoms with Crippen LogP contribution in [0.5, 0.6) is 5.75 Å². The molecule has 0 saturated heterocycles. The Morgan fingerprint density at radius 2 is 1.90 bits per heavy atom. The number of carbonyl (C=O) groups is 1. The molecule has 0 aliphatic rings. The molecule has 0 aliphatic heterocycles. The fourth-order valence-electron chi connectivity index (χ4n) is 3.17. The van der Waals surface area contributed by atoms with E-state index in [4.69, 9.17) is 10.5 Å². The van der Waals surface area contributed by atoms with Crippen molar-refractivity contribution in [2.24, 2.45) is 5.73 Å². The van der Waals surface area contributed by atoms with Gasteiger partial charge in [-0.1, -0.05) is 24.3 Å². The second-order valence-electron chi connectivity index (χ2n) is 6.76. The van der Waals surface area contributed by atoms with Gasteiger partial charge in [0.15, 0.2) is 0 Å². The van der Waals surface area contributed by atoms with Crippen LogP contribution in [0.2, 0.25) is 0 Å². The first-order valence-corrected chi connectivity index (χ1v) is 9.56. The number of amides is 1. The van der Waals surface area contributed by atoms with E-state index < -0.39 is 5.82 Å². The fourth-order valence-corrected chi connectivity index (χ4v) is 3.17. The summed E-state index contributed by atoms with van der Waals surface area (Å²) in [5, 5.41) is 0. The van der Waals surface area contributed by atoms with Crippen LogP contribution in [0, 0.1) is 5.82 Å². The number of para-hydroxylation sites is 1. The number of aromatic nitrogens is 1. The summed E-state index contributed by atoms with van der Waals surface area (Å²) in [4.78, 5) is 18.3. The van der Waals surface area contributed by atoms with E-state index in [9.17, 15) is 9.18 Å². The largest absolute Gasteiger partial charge is 0.496 e. The Hall–Kier alpha value is -3.67. The zero-order valence-corrected chi connectivity index (χ0v) is 17.2. The van der Waals surface area contributed by atoms with Crippen LogP contribution in [0.4, 0.5) is 4.39 Å². The van der Waals surface area contributed by atoms with Gasteiger partial charge in [-0.05, 0) is 36.8 Å². The quantitative estimate of drug-likeness (QED) is 0.663. The number of nitrogens with zero attached hydrogens (tertiary/aromatic N) is 2. The Morgan fingerprint density at radius 1 is 1.13 bits per heavy atom. The summed E-state index contributed by atoms with van der Waals surface area (Å²) in [7, 11) is 3.24. The van der Waals surface area contributed by atoms with Gasteiger partial charge in [0, 0.05) is 54.4 Å². The first kappa shape index (κ1) is 21.0. The lowest BCUT2D eigenvalue weighted by Crippen LogP contribution is -2.27. The highest BCUT2D eigenvalue weighted by Crippen LogP contribution is 2.32. The fraction of sp³-hybridized carbons (Fsp3) is 0.167. The zero-order valence-electron chi connectivity index (χ0n) is 17.2. The highest BCUT2D eigenvalue weighted by Gasteiger charge is 2.17. The molecule has 5 nitrogen and oxygen atoms in total. The van der Waals surface area contributed by atoms with E-state index in [2.05, 4.69) is 4.98 Å². The number of benzene rings is 2. The zero-order chi connectivity index (χ0) is 21.7. The predicted molar refractivity (Wildman–Crippen MR) is 117 cm³/mol. The van der Waals surface area contributed by atoms with Crippen LogP contribution in [0.3, 0.4) is 0 Å². The third-order valence-corrected chi connectivity index (χ3v) is 4.96. The number of ether oxygens (including phenoxy) is 1. The van der Waals surface area contributed by atoms with Crippen molar-refractivity contribution in [1.29, 1.82) is 0 Å². The lowest BCUT2D eigenvalue weighted by atomic mass is 9.96. The number of hydrogen-bond donors (Lipinski definition) is 1. The summed E-state index contributed by atoms with van der Waals surface area (Å²) in [6, 6.07) is 14.0. The van der Waals surface area contributed by atoms with Crippen molar-refractivity contribution >= 4 is 11.5 Å².